The first-order chi connectivity index (χ1) is 9.04. The monoisotopic (exact) mass is 259 g/mol. The molecule has 0 aliphatic heterocycles. The van der Waals surface area contributed by atoms with E-state index in [0.29, 0.717) is 6.04 Å². The molecule has 0 radical (unpaired) electrons. The Kier molecular flexibility index (Phi) is 4.22. The minimum atomic E-state index is 0.492. The van der Waals surface area contributed by atoms with Crippen molar-refractivity contribution in [1.29, 1.82) is 0 Å². The number of rotatable bonds is 5. The van der Waals surface area contributed by atoms with Crippen LogP contribution in [0.25, 0.3) is 0 Å². The third-order valence-corrected chi connectivity index (χ3v) is 2.86. The second-order valence-electron chi connectivity index (χ2n) is 5.09. The average Bonchev–Trinajstić information content (AvgIpc) is 2.75. The number of ether oxygens (including phenoxy) is 1. The molecule has 0 saturated carbocycles. The SMILES string of the molecule is Cc1cc(CNC(C)C)ccc1Oc1cnn(C)c1. The normalized spacial score (nSPS) is 11.0. The Balaban J connectivity index is 2.06. The predicted octanol–water partition coefficient (Wildman–Crippen LogP) is 3.02. The van der Waals surface area contributed by atoms with Gasteiger partial charge in [-0.05, 0) is 24.1 Å². The second kappa shape index (κ2) is 5.89. The van der Waals surface area contributed by atoms with Crippen LogP contribution in [-0.2, 0) is 13.6 Å². The molecule has 19 heavy (non-hydrogen) atoms. The van der Waals surface area contributed by atoms with Crippen LogP contribution in [0.15, 0.2) is 30.6 Å². The summed E-state index contributed by atoms with van der Waals surface area (Å²) in [5.74, 6) is 1.64. The smallest absolute Gasteiger partial charge is 0.165 e. The topological polar surface area (TPSA) is 39.1 Å². The summed E-state index contributed by atoms with van der Waals surface area (Å²) in [6.07, 6.45) is 3.57. The van der Waals surface area contributed by atoms with Gasteiger partial charge in [0.25, 0.3) is 0 Å². The largest absolute Gasteiger partial charge is 0.454 e. The van der Waals surface area contributed by atoms with Crippen molar-refractivity contribution in [3.05, 3.63) is 41.7 Å². The first-order valence-corrected chi connectivity index (χ1v) is 6.54. The van der Waals surface area contributed by atoms with Gasteiger partial charge < -0.3 is 10.1 Å². The predicted molar refractivity (Wildman–Crippen MR) is 76.4 cm³/mol. The van der Waals surface area contributed by atoms with Crippen molar-refractivity contribution in [3.8, 4) is 11.5 Å². The number of aromatic nitrogens is 2. The molecule has 1 heterocycles. The molecule has 102 valence electrons. The van der Waals surface area contributed by atoms with Crippen LogP contribution in [-0.4, -0.2) is 15.8 Å². The van der Waals surface area contributed by atoms with E-state index in [-0.39, 0.29) is 0 Å². The van der Waals surface area contributed by atoms with Gasteiger partial charge in [0.05, 0.1) is 12.4 Å². The molecule has 4 heteroatoms. The summed E-state index contributed by atoms with van der Waals surface area (Å²) < 4.78 is 7.53. The highest BCUT2D eigenvalue weighted by molar-refractivity contribution is 5.38. The fourth-order valence-electron chi connectivity index (χ4n) is 1.84. The van der Waals surface area contributed by atoms with Crippen LogP contribution in [0.5, 0.6) is 11.5 Å². The van der Waals surface area contributed by atoms with E-state index in [1.807, 2.05) is 19.3 Å². The first-order valence-electron chi connectivity index (χ1n) is 6.54. The number of hydrogen-bond acceptors (Lipinski definition) is 3. The van der Waals surface area contributed by atoms with Crippen molar-refractivity contribution in [3.63, 3.8) is 0 Å². The van der Waals surface area contributed by atoms with Crippen LogP contribution in [0.1, 0.15) is 25.0 Å². The Morgan fingerprint density at radius 1 is 1.37 bits per heavy atom. The zero-order valence-electron chi connectivity index (χ0n) is 12.0. The molecule has 2 aromatic rings. The summed E-state index contributed by atoms with van der Waals surface area (Å²) in [6, 6.07) is 6.75. The molecule has 1 aromatic heterocycles. The number of hydrogen-bond donors (Lipinski definition) is 1. The zero-order chi connectivity index (χ0) is 13.8. The van der Waals surface area contributed by atoms with Gasteiger partial charge in [0.1, 0.15) is 5.75 Å². The molecule has 0 spiro atoms. The minimum Gasteiger partial charge on any atom is -0.454 e. The van der Waals surface area contributed by atoms with Crippen LogP contribution in [0, 0.1) is 6.92 Å². The van der Waals surface area contributed by atoms with Gasteiger partial charge in [-0.3, -0.25) is 4.68 Å². The summed E-state index contributed by atoms with van der Waals surface area (Å²) in [4.78, 5) is 0. The third kappa shape index (κ3) is 3.83. The molecule has 0 atom stereocenters. The van der Waals surface area contributed by atoms with Crippen molar-refractivity contribution >= 4 is 0 Å². The second-order valence-corrected chi connectivity index (χ2v) is 5.09. The van der Waals surface area contributed by atoms with Gasteiger partial charge >= 0.3 is 0 Å². The molecule has 1 aromatic carbocycles. The Hall–Kier alpha value is -1.81. The summed E-state index contributed by atoms with van der Waals surface area (Å²) in [7, 11) is 1.88. The highest BCUT2D eigenvalue weighted by Crippen LogP contribution is 2.25. The number of nitrogens with one attached hydrogen (secondary N) is 1. The molecule has 0 bridgehead atoms. The van der Waals surface area contributed by atoms with E-state index < -0.39 is 0 Å². The summed E-state index contributed by atoms with van der Waals surface area (Å²) in [5, 5.41) is 7.50. The van der Waals surface area contributed by atoms with Crippen molar-refractivity contribution in [2.24, 2.45) is 7.05 Å². The lowest BCUT2D eigenvalue weighted by Crippen LogP contribution is -2.21. The lowest BCUT2D eigenvalue weighted by molar-refractivity contribution is 0.477. The maximum Gasteiger partial charge on any atom is 0.165 e. The molecule has 4 nitrogen and oxygen atoms in total. The molecule has 0 saturated heterocycles. The van der Waals surface area contributed by atoms with Gasteiger partial charge in [0.2, 0.25) is 0 Å². The van der Waals surface area contributed by atoms with E-state index in [9.17, 15) is 0 Å². The van der Waals surface area contributed by atoms with Gasteiger partial charge in [-0.25, -0.2) is 0 Å². The van der Waals surface area contributed by atoms with Gasteiger partial charge in [-0.1, -0.05) is 26.0 Å². The number of aryl methyl sites for hydroxylation is 2. The van der Waals surface area contributed by atoms with Gasteiger partial charge in [0, 0.05) is 19.6 Å². The Morgan fingerprint density at radius 3 is 2.74 bits per heavy atom. The average molecular weight is 259 g/mol. The molecular weight excluding hydrogens is 238 g/mol. The molecule has 0 aliphatic rings. The Bertz CT molecular complexity index is 546. The number of benzene rings is 1. The maximum absolute atomic E-state index is 5.81. The van der Waals surface area contributed by atoms with E-state index in [0.717, 1.165) is 23.6 Å². The highest BCUT2D eigenvalue weighted by atomic mass is 16.5. The molecule has 0 aliphatic carbocycles. The van der Waals surface area contributed by atoms with Crippen molar-refractivity contribution in [2.45, 2.75) is 33.4 Å². The molecule has 1 N–H and O–H groups in total. The van der Waals surface area contributed by atoms with Gasteiger partial charge in [0.15, 0.2) is 5.75 Å². The van der Waals surface area contributed by atoms with E-state index in [2.05, 4.69) is 43.3 Å². The van der Waals surface area contributed by atoms with E-state index in [1.54, 1.807) is 10.9 Å². The summed E-state index contributed by atoms with van der Waals surface area (Å²) in [6.45, 7) is 7.23. The van der Waals surface area contributed by atoms with Crippen molar-refractivity contribution in [2.75, 3.05) is 0 Å². The highest BCUT2D eigenvalue weighted by Gasteiger charge is 2.04. The summed E-state index contributed by atoms with van der Waals surface area (Å²) in [5.41, 5.74) is 2.40. The van der Waals surface area contributed by atoms with E-state index >= 15 is 0 Å². The molecule has 2 rings (SSSR count). The summed E-state index contributed by atoms with van der Waals surface area (Å²) >= 11 is 0. The van der Waals surface area contributed by atoms with Crippen LogP contribution in [0.4, 0.5) is 0 Å². The first kappa shape index (κ1) is 13.6. The minimum absolute atomic E-state index is 0.492. The van der Waals surface area contributed by atoms with Gasteiger partial charge in [-0.15, -0.1) is 0 Å². The molecular formula is C15H21N3O. The lowest BCUT2D eigenvalue weighted by atomic mass is 10.1. The van der Waals surface area contributed by atoms with Gasteiger partial charge in [-0.2, -0.15) is 5.10 Å². The maximum atomic E-state index is 5.81. The lowest BCUT2D eigenvalue weighted by Gasteiger charge is -2.11. The third-order valence-electron chi connectivity index (χ3n) is 2.86. The zero-order valence-corrected chi connectivity index (χ0v) is 12.0. The Morgan fingerprint density at radius 2 is 2.16 bits per heavy atom. The fourth-order valence-corrected chi connectivity index (χ4v) is 1.84. The van der Waals surface area contributed by atoms with Crippen LogP contribution < -0.4 is 10.1 Å². The fraction of sp³-hybridized carbons (Fsp3) is 0.400. The van der Waals surface area contributed by atoms with Crippen LogP contribution in [0.3, 0.4) is 0 Å². The molecule has 0 unspecified atom stereocenters. The standard InChI is InChI=1S/C15H21N3O/c1-11(2)16-8-13-5-6-15(12(3)7-13)19-14-9-17-18(4)10-14/h5-7,9-11,16H,8H2,1-4H3. The van der Waals surface area contributed by atoms with Crippen molar-refractivity contribution in [1.82, 2.24) is 15.1 Å². The van der Waals surface area contributed by atoms with E-state index in [4.69, 9.17) is 4.74 Å². The van der Waals surface area contributed by atoms with Crippen molar-refractivity contribution < 1.29 is 4.74 Å². The quantitative estimate of drug-likeness (QED) is 0.897. The van der Waals surface area contributed by atoms with Crippen LogP contribution in [0.2, 0.25) is 0 Å². The number of nitrogens with zero attached hydrogens (tertiary/aromatic N) is 2. The molecule has 0 amide bonds. The van der Waals surface area contributed by atoms with E-state index in [1.165, 1.54) is 5.56 Å². The molecule has 0 fully saturated rings. The Labute approximate surface area is 114 Å². The van der Waals surface area contributed by atoms with Crippen LogP contribution >= 0.6 is 0 Å².